The maximum absolute atomic E-state index is 8.70. The molecule has 1 saturated carbocycles. The van der Waals surface area contributed by atoms with Gasteiger partial charge in [-0.1, -0.05) is 11.8 Å². The Balaban J connectivity index is 2.24. The molecule has 4 nitrogen and oxygen atoms in total. The fraction of sp³-hybridized carbons (Fsp3) is 0.429. The van der Waals surface area contributed by atoms with Crippen LogP contribution in [-0.4, -0.2) is 18.3 Å². The van der Waals surface area contributed by atoms with Crippen LogP contribution >= 0.6 is 0 Å². The third-order valence-corrected chi connectivity index (χ3v) is 3.26. The summed E-state index contributed by atoms with van der Waals surface area (Å²) in [6.45, 7) is 2.63. The summed E-state index contributed by atoms with van der Waals surface area (Å²) in [5.41, 5.74) is 9.38. The van der Waals surface area contributed by atoms with Crippen LogP contribution < -0.4 is 16.6 Å². The maximum Gasteiger partial charge on any atom is 0.104 e. The topological polar surface area (TPSA) is 75.5 Å². The minimum Gasteiger partial charge on any atom is -0.397 e. The van der Waals surface area contributed by atoms with Gasteiger partial charge in [0.1, 0.15) is 6.61 Å². The van der Waals surface area contributed by atoms with Gasteiger partial charge in [0.05, 0.1) is 11.4 Å². The average Bonchev–Trinajstić information content (AvgIpc) is 3.15. The van der Waals surface area contributed by atoms with E-state index in [-0.39, 0.29) is 6.61 Å². The molecule has 1 aromatic rings. The zero-order chi connectivity index (χ0) is 13.1. The van der Waals surface area contributed by atoms with Crippen molar-refractivity contribution in [2.24, 2.45) is 11.8 Å². The first kappa shape index (κ1) is 12.7. The number of anilines is 2. The van der Waals surface area contributed by atoms with Gasteiger partial charge in [-0.25, -0.2) is 5.84 Å². The Morgan fingerprint density at radius 3 is 2.78 bits per heavy atom. The summed E-state index contributed by atoms with van der Waals surface area (Å²) in [6.07, 6.45) is 2.51. The molecule has 5 N–H and O–H groups in total. The second-order valence-electron chi connectivity index (χ2n) is 4.73. The van der Waals surface area contributed by atoms with E-state index in [0.717, 1.165) is 23.4 Å². The molecular formula is C14H19N3O. The van der Waals surface area contributed by atoms with E-state index < -0.39 is 0 Å². The van der Waals surface area contributed by atoms with Crippen molar-refractivity contribution < 1.29 is 5.11 Å². The molecule has 0 amide bonds. The van der Waals surface area contributed by atoms with Gasteiger partial charge in [-0.3, -0.25) is 0 Å². The Kier molecular flexibility index (Phi) is 3.75. The molecule has 0 bridgehead atoms. The van der Waals surface area contributed by atoms with E-state index in [1.807, 2.05) is 19.1 Å². The van der Waals surface area contributed by atoms with Crippen LogP contribution in [0.1, 0.15) is 24.0 Å². The van der Waals surface area contributed by atoms with Gasteiger partial charge in [-0.15, -0.1) is 0 Å². The molecule has 1 aliphatic rings. The van der Waals surface area contributed by atoms with E-state index in [4.69, 9.17) is 16.7 Å². The summed E-state index contributed by atoms with van der Waals surface area (Å²) < 4.78 is 0. The van der Waals surface area contributed by atoms with Crippen LogP contribution in [0.5, 0.6) is 0 Å². The van der Waals surface area contributed by atoms with E-state index in [2.05, 4.69) is 11.8 Å². The fourth-order valence-corrected chi connectivity index (χ4v) is 1.91. The number of aliphatic hydroxyl groups is 1. The van der Waals surface area contributed by atoms with Crippen molar-refractivity contribution in [2.75, 3.05) is 23.9 Å². The van der Waals surface area contributed by atoms with E-state index >= 15 is 0 Å². The predicted octanol–water partition coefficient (Wildman–Crippen LogP) is 1.01. The second-order valence-corrected chi connectivity index (χ2v) is 4.73. The van der Waals surface area contributed by atoms with Crippen molar-refractivity contribution in [1.82, 2.24) is 0 Å². The van der Waals surface area contributed by atoms with Crippen molar-refractivity contribution >= 4 is 11.4 Å². The number of nitrogen functional groups attached to an aromatic ring is 1. The highest BCUT2D eigenvalue weighted by atomic mass is 16.2. The molecule has 1 aliphatic carbocycles. The maximum atomic E-state index is 8.70. The van der Waals surface area contributed by atoms with E-state index in [9.17, 15) is 0 Å². The molecule has 18 heavy (non-hydrogen) atoms. The van der Waals surface area contributed by atoms with Crippen LogP contribution in [0.4, 0.5) is 11.4 Å². The summed E-state index contributed by atoms with van der Waals surface area (Å²) in [5.74, 6) is 12.3. The lowest BCUT2D eigenvalue weighted by atomic mass is 10.1. The predicted molar refractivity (Wildman–Crippen MR) is 73.8 cm³/mol. The second kappa shape index (κ2) is 5.30. The molecule has 0 atom stereocenters. The number of hydrazine groups is 1. The van der Waals surface area contributed by atoms with Crippen LogP contribution in [0.25, 0.3) is 0 Å². The van der Waals surface area contributed by atoms with Gasteiger partial charge in [0, 0.05) is 12.1 Å². The molecule has 96 valence electrons. The Labute approximate surface area is 108 Å². The minimum atomic E-state index is -0.147. The summed E-state index contributed by atoms with van der Waals surface area (Å²) in [6, 6.07) is 3.79. The highest BCUT2D eigenvalue weighted by Gasteiger charge is 2.24. The Hall–Kier alpha value is -1.70. The SMILES string of the molecule is Cc1c(C#CCO)ccc(N(N)CC2CC2)c1N. The first-order valence-corrected chi connectivity index (χ1v) is 6.14. The Morgan fingerprint density at radius 1 is 1.44 bits per heavy atom. The molecule has 1 fully saturated rings. The van der Waals surface area contributed by atoms with Crippen molar-refractivity contribution in [3.8, 4) is 11.8 Å². The first-order valence-electron chi connectivity index (χ1n) is 6.14. The van der Waals surface area contributed by atoms with E-state index in [1.54, 1.807) is 5.01 Å². The van der Waals surface area contributed by atoms with Gasteiger partial charge in [0.25, 0.3) is 0 Å². The largest absolute Gasteiger partial charge is 0.397 e. The van der Waals surface area contributed by atoms with Crippen LogP contribution in [0.15, 0.2) is 12.1 Å². The van der Waals surface area contributed by atoms with E-state index in [0.29, 0.717) is 11.6 Å². The smallest absolute Gasteiger partial charge is 0.104 e. The van der Waals surface area contributed by atoms with E-state index in [1.165, 1.54) is 12.8 Å². The van der Waals surface area contributed by atoms with Crippen molar-refractivity contribution in [3.63, 3.8) is 0 Å². The van der Waals surface area contributed by atoms with Gasteiger partial charge in [0.15, 0.2) is 0 Å². The lowest BCUT2D eigenvalue weighted by Crippen LogP contribution is -2.33. The normalized spacial score (nSPS) is 13.9. The number of nitrogens with zero attached hydrogens (tertiary/aromatic N) is 1. The number of aliphatic hydroxyl groups excluding tert-OH is 1. The molecule has 2 rings (SSSR count). The van der Waals surface area contributed by atoms with Crippen molar-refractivity contribution in [3.05, 3.63) is 23.3 Å². The summed E-state index contributed by atoms with van der Waals surface area (Å²) in [5, 5.41) is 10.4. The molecule has 0 aliphatic heterocycles. The molecule has 0 unspecified atom stereocenters. The summed E-state index contributed by atoms with van der Waals surface area (Å²) in [4.78, 5) is 0. The standard InChI is InChI=1S/C14H19N3O/c1-10-12(3-2-8-18)6-7-13(14(10)15)17(16)9-11-4-5-11/h6-7,11,18H,4-5,8-9,15-16H2,1H3. The molecule has 0 aromatic heterocycles. The zero-order valence-electron chi connectivity index (χ0n) is 10.6. The zero-order valence-corrected chi connectivity index (χ0v) is 10.6. The van der Waals surface area contributed by atoms with Gasteiger partial charge in [-0.2, -0.15) is 0 Å². The highest BCUT2D eigenvalue weighted by Crippen LogP contribution is 2.33. The van der Waals surface area contributed by atoms with Crippen LogP contribution in [-0.2, 0) is 0 Å². The summed E-state index contributed by atoms with van der Waals surface area (Å²) in [7, 11) is 0. The average molecular weight is 245 g/mol. The molecule has 0 spiro atoms. The van der Waals surface area contributed by atoms with Gasteiger partial charge in [0.2, 0.25) is 0 Å². The third-order valence-electron chi connectivity index (χ3n) is 3.26. The van der Waals surface area contributed by atoms with Gasteiger partial charge < -0.3 is 15.8 Å². The minimum absolute atomic E-state index is 0.147. The molecule has 0 radical (unpaired) electrons. The van der Waals surface area contributed by atoms with Gasteiger partial charge >= 0.3 is 0 Å². The fourth-order valence-electron chi connectivity index (χ4n) is 1.91. The third kappa shape index (κ3) is 2.76. The number of nitrogens with two attached hydrogens (primary N) is 2. The van der Waals surface area contributed by atoms with Crippen molar-refractivity contribution in [1.29, 1.82) is 0 Å². The lowest BCUT2D eigenvalue weighted by Gasteiger charge is -2.21. The first-order chi connectivity index (χ1) is 8.63. The molecule has 0 heterocycles. The summed E-state index contributed by atoms with van der Waals surface area (Å²) >= 11 is 0. The molecular weight excluding hydrogens is 226 g/mol. The Morgan fingerprint density at radius 2 is 2.17 bits per heavy atom. The number of hydrogen-bond acceptors (Lipinski definition) is 4. The molecule has 1 aromatic carbocycles. The quantitative estimate of drug-likeness (QED) is 0.321. The highest BCUT2D eigenvalue weighted by molar-refractivity contribution is 5.73. The lowest BCUT2D eigenvalue weighted by molar-refractivity contribution is 0.350. The number of rotatable bonds is 3. The van der Waals surface area contributed by atoms with Crippen LogP contribution in [0, 0.1) is 24.7 Å². The van der Waals surface area contributed by atoms with Crippen LogP contribution in [0.3, 0.4) is 0 Å². The Bertz CT molecular complexity index is 498. The van der Waals surface area contributed by atoms with Crippen molar-refractivity contribution in [2.45, 2.75) is 19.8 Å². The molecule has 4 heteroatoms. The number of hydrogen-bond donors (Lipinski definition) is 3. The monoisotopic (exact) mass is 245 g/mol. The van der Waals surface area contributed by atoms with Crippen LogP contribution in [0.2, 0.25) is 0 Å². The number of benzene rings is 1. The molecule has 0 saturated heterocycles. The van der Waals surface area contributed by atoms with Gasteiger partial charge in [-0.05, 0) is 43.4 Å².